The molecule has 2 aromatic rings. The van der Waals surface area contributed by atoms with E-state index in [1.54, 1.807) is 0 Å². The van der Waals surface area contributed by atoms with Gasteiger partial charge in [-0.05, 0) is 24.3 Å². The lowest BCUT2D eigenvalue weighted by molar-refractivity contribution is -0.125. The molecule has 0 bridgehead atoms. The van der Waals surface area contributed by atoms with Crippen LogP contribution in [0.5, 0.6) is 5.75 Å². The summed E-state index contributed by atoms with van der Waals surface area (Å²) in [5.74, 6) is -1.03. The molecule has 0 aromatic heterocycles. The molecule has 0 fully saturated rings. The number of nitrogen functional groups attached to an aromatic ring is 1. The van der Waals surface area contributed by atoms with E-state index >= 15 is 0 Å². The van der Waals surface area contributed by atoms with Crippen LogP contribution < -0.4 is 15.8 Å². The average Bonchev–Trinajstić information content (AvgIpc) is 2.60. The number of amides is 1. The largest absolute Gasteiger partial charge is 0.493 e. The molecule has 1 aliphatic heterocycles. The van der Waals surface area contributed by atoms with Crippen molar-refractivity contribution in [2.75, 3.05) is 18.9 Å². The predicted molar refractivity (Wildman–Crippen MR) is 88.5 cm³/mol. The van der Waals surface area contributed by atoms with Crippen molar-refractivity contribution in [1.29, 1.82) is 0 Å². The van der Waals surface area contributed by atoms with Crippen LogP contribution in [-0.2, 0) is 9.53 Å². The Morgan fingerprint density at radius 3 is 2.88 bits per heavy atom. The first-order valence-electron chi connectivity index (χ1n) is 7.78. The summed E-state index contributed by atoms with van der Waals surface area (Å²) in [6.45, 7) is 0.0447. The van der Waals surface area contributed by atoms with Crippen molar-refractivity contribution in [2.45, 2.75) is 12.5 Å². The van der Waals surface area contributed by atoms with Gasteiger partial charge in [0, 0.05) is 17.7 Å². The van der Waals surface area contributed by atoms with Gasteiger partial charge in [-0.2, -0.15) is 0 Å². The van der Waals surface area contributed by atoms with Crippen molar-refractivity contribution < 1.29 is 23.5 Å². The van der Waals surface area contributed by atoms with Crippen molar-refractivity contribution in [3.8, 4) is 5.75 Å². The number of hydrogen-bond acceptors (Lipinski definition) is 5. The van der Waals surface area contributed by atoms with Gasteiger partial charge in [-0.3, -0.25) is 4.79 Å². The van der Waals surface area contributed by atoms with Crippen LogP contribution in [0.15, 0.2) is 42.5 Å². The molecule has 1 heterocycles. The maximum Gasteiger partial charge on any atom is 0.340 e. The zero-order valence-corrected chi connectivity index (χ0v) is 13.3. The molecule has 1 aliphatic rings. The molecule has 6 nitrogen and oxygen atoms in total. The number of fused-ring (bicyclic) bond motifs is 1. The lowest BCUT2D eigenvalue weighted by Gasteiger charge is -2.26. The van der Waals surface area contributed by atoms with Gasteiger partial charge in [-0.25, -0.2) is 9.18 Å². The minimum absolute atomic E-state index is 0.0191. The number of nitrogens with two attached hydrogens (primary N) is 1. The SMILES string of the molecule is Nc1cc(F)ccc1C(=O)OCC(=O)N[C@H]1CCOc2ccccc21. The number of ether oxygens (including phenoxy) is 2. The highest BCUT2D eigenvalue weighted by molar-refractivity contribution is 5.96. The van der Waals surface area contributed by atoms with Gasteiger partial charge in [0.15, 0.2) is 6.61 Å². The normalized spacial score (nSPS) is 15.6. The van der Waals surface area contributed by atoms with Gasteiger partial charge >= 0.3 is 5.97 Å². The van der Waals surface area contributed by atoms with Crippen LogP contribution in [0.3, 0.4) is 0 Å². The van der Waals surface area contributed by atoms with Crippen molar-refractivity contribution >= 4 is 17.6 Å². The molecular weight excluding hydrogens is 327 g/mol. The number of benzene rings is 2. The van der Waals surface area contributed by atoms with E-state index in [1.165, 1.54) is 6.07 Å². The number of carbonyl (C=O) groups is 2. The number of nitrogens with one attached hydrogen (secondary N) is 1. The lowest BCUT2D eigenvalue weighted by atomic mass is 10.0. The number of carbonyl (C=O) groups excluding carboxylic acids is 2. The van der Waals surface area contributed by atoms with Gasteiger partial charge in [0.2, 0.25) is 0 Å². The number of hydrogen-bond donors (Lipinski definition) is 2. The molecule has 7 heteroatoms. The molecule has 130 valence electrons. The molecule has 0 saturated carbocycles. The Hall–Kier alpha value is -3.09. The van der Waals surface area contributed by atoms with Gasteiger partial charge in [0.25, 0.3) is 5.91 Å². The summed E-state index contributed by atoms with van der Waals surface area (Å²) in [4.78, 5) is 24.0. The minimum atomic E-state index is -0.778. The summed E-state index contributed by atoms with van der Waals surface area (Å²) in [5.41, 5.74) is 6.44. The van der Waals surface area contributed by atoms with Crippen LogP contribution in [0.2, 0.25) is 0 Å². The molecular formula is C18H17FN2O4. The Morgan fingerprint density at radius 2 is 2.08 bits per heavy atom. The van der Waals surface area contributed by atoms with Crippen molar-refractivity contribution in [3.63, 3.8) is 0 Å². The zero-order chi connectivity index (χ0) is 17.8. The highest BCUT2D eigenvalue weighted by atomic mass is 19.1. The molecule has 3 N–H and O–H groups in total. The van der Waals surface area contributed by atoms with E-state index in [-0.39, 0.29) is 17.3 Å². The highest BCUT2D eigenvalue weighted by Gasteiger charge is 2.23. The first kappa shape index (κ1) is 16.8. The zero-order valence-electron chi connectivity index (χ0n) is 13.3. The summed E-state index contributed by atoms with van der Waals surface area (Å²) in [6.07, 6.45) is 0.627. The Kier molecular flexibility index (Phi) is 4.83. The monoisotopic (exact) mass is 344 g/mol. The third kappa shape index (κ3) is 3.88. The smallest absolute Gasteiger partial charge is 0.340 e. The fourth-order valence-electron chi connectivity index (χ4n) is 2.66. The fourth-order valence-corrected chi connectivity index (χ4v) is 2.66. The summed E-state index contributed by atoms with van der Waals surface area (Å²) in [5, 5.41) is 2.82. The Balaban J connectivity index is 1.58. The van der Waals surface area contributed by atoms with Gasteiger partial charge in [-0.1, -0.05) is 18.2 Å². The third-order valence-corrected chi connectivity index (χ3v) is 3.86. The maximum atomic E-state index is 13.0. The van der Waals surface area contributed by atoms with Gasteiger partial charge in [0.05, 0.1) is 18.2 Å². The van der Waals surface area contributed by atoms with E-state index in [0.717, 1.165) is 23.4 Å². The molecule has 1 atom stereocenters. The van der Waals surface area contributed by atoms with E-state index in [1.807, 2.05) is 24.3 Å². The molecule has 2 aromatic carbocycles. The highest BCUT2D eigenvalue weighted by Crippen LogP contribution is 2.31. The van der Waals surface area contributed by atoms with Gasteiger partial charge in [0.1, 0.15) is 11.6 Å². The second-order valence-corrected chi connectivity index (χ2v) is 5.60. The quantitative estimate of drug-likeness (QED) is 0.655. The van der Waals surface area contributed by atoms with Crippen LogP contribution in [-0.4, -0.2) is 25.1 Å². The van der Waals surface area contributed by atoms with Crippen LogP contribution in [0, 0.1) is 5.82 Å². The second kappa shape index (κ2) is 7.21. The number of esters is 1. The van der Waals surface area contributed by atoms with Crippen LogP contribution in [0.25, 0.3) is 0 Å². The summed E-state index contributed by atoms with van der Waals surface area (Å²) < 4.78 is 23.5. The summed E-state index contributed by atoms with van der Waals surface area (Å²) in [7, 11) is 0. The Bertz CT molecular complexity index is 809. The number of halogens is 1. The van der Waals surface area contributed by atoms with E-state index < -0.39 is 24.3 Å². The second-order valence-electron chi connectivity index (χ2n) is 5.60. The summed E-state index contributed by atoms with van der Waals surface area (Å²) >= 11 is 0. The van der Waals surface area contributed by atoms with Crippen molar-refractivity contribution in [1.82, 2.24) is 5.32 Å². The number of para-hydroxylation sites is 1. The average molecular weight is 344 g/mol. The fraction of sp³-hybridized carbons (Fsp3) is 0.222. The summed E-state index contributed by atoms with van der Waals surface area (Å²) in [6, 6.07) is 10.6. The third-order valence-electron chi connectivity index (χ3n) is 3.86. The van der Waals surface area contributed by atoms with E-state index in [2.05, 4.69) is 5.32 Å². The molecule has 1 amide bonds. The van der Waals surface area contributed by atoms with Crippen molar-refractivity contribution in [3.05, 3.63) is 59.4 Å². The molecule has 25 heavy (non-hydrogen) atoms. The predicted octanol–water partition coefficient (Wildman–Crippen LogP) is 2.20. The van der Waals surface area contributed by atoms with E-state index in [0.29, 0.717) is 13.0 Å². The Labute approximate surface area is 143 Å². The van der Waals surface area contributed by atoms with Crippen LogP contribution >= 0.6 is 0 Å². The topological polar surface area (TPSA) is 90.7 Å². The molecule has 0 spiro atoms. The number of rotatable bonds is 4. The van der Waals surface area contributed by atoms with Crippen molar-refractivity contribution in [2.24, 2.45) is 0 Å². The molecule has 0 unspecified atom stereocenters. The number of anilines is 1. The van der Waals surface area contributed by atoms with Crippen LogP contribution in [0.1, 0.15) is 28.4 Å². The Morgan fingerprint density at radius 1 is 1.28 bits per heavy atom. The van der Waals surface area contributed by atoms with Gasteiger partial charge in [-0.15, -0.1) is 0 Å². The van der Waals surface area contributed by atoms with E-state index in [9.17, 15) is 14.0 Å². The maximum absolute atomic E-state index is 13.0. The van der Waals surface area contributed by atoms with Gasteiger partial charge < -0.3 is 20.5 Å². The molecule has 3 rings (SSSR count). The molecule has 0 aliphatic carbocycles. The van der Waals surface area contributed by atoms with Crippen LogP contribution in [0.4, 0.5) is 10.1 Å². The van der Waals surface area contributed by atoms with E-state index in [4.69, 9.17) is 15.2 Å². The molecule has 0 radical (unpaired) electrons. The minimum Gasteiger partial charge on any atom is -0.493 e. The standard InChI is InChI=1S/C18H17FN2O4/c19-11-5-6-12(14(20)9-11)18(23)25-10-17(22)21-15-7-8-24-16-4-2-1-3-13(15)16/h1-6,9,15H,7-8,10,20H2,(H,21,22)/t15-/m0/s1. The molecule has 0 saturated heterocycles. The first-order chi connectivity index (χ1) is 12.0. The lowest BCUT2D eigenvalue weighted by Crippen LogP contribution is -2.35. The first-order valence-corrected chi connectivity index (χ1v) is 7.78.